The van der Waals surface area contributed by atoms with Gasteiger partial charge < -0.3 is 10.4 Å². The average molecular weight is 423 g/mol. The Balaban J connectivity index is 1.79. The SMILES string of the molecule is C=CCn1c(SCC(=O)NCc2ccc(C)cc2)nc2cc(C(=O)O)ccc2c1=O. The first-order chi connectivity index (χ1) is 14.4. The molecule has 2 aromatic carbocycles. The Bertz CT molecular complexity index is 1170. The van der Waals surface area contributed by atoms with Gasteiger partial charge in [-0.05, 0) is 30.7 Å². The van der Waals surface area contributed by atoms with Crippen LogP contribution in [0.15, 0.2) is 65.1 Å². The number of benzene rings is 2. The smallest absolute Gasteiger partial charge is 0.335 e. The molecule has 0 aliphatic carbocycles. The van der Waals surface area contributed by atoms with Gasteiger partial charge in [0.1, 0.15) is 0 Å². The molecule has 1 amide bonds. The number of nitrogens with zero attached hydrogens (tertiary/aromatic N) is 2. The van der Waals surface area contributed by atoms with E-state index in [1.54, 1.807) is 6.08 Å². The molecule has 8 heteroatoms. The molecule has 0 saturated carbocycles. The summed E-state index contributed by atoms with van der Waals surface area (Å²) in [5.74, 6) is -1.22. The molecule has 0 aliphatic rings. The van der Waals surface area contributed by atoms with Crippen LogP contribution in [0.5, 0.6) is 0 Å². The molecule has 2 N–H and O–H groups in total. The number of aryl methyl sites for hydroxylation is 1. The number of nitrogens with one attached hydrogen (secondary N) is 1. The molecular weight excluding hydrogens is 402 g/mol. The molecule has 1 aromatic heterocycles. The third kappa shape index (κ3) is 4.96. The Kier molecular flexibility index (Phi) is 6.68. The molecule has 0 fully saturated rings. The number of carbonyl (C=O) groups is 2. The van der Waals surface area contributed by atoms with E-state index in [0.29, 0.717) is 17.1 Å². The summed E-state index contributed by atoms with van der Waals surface area (Å²) < 4.78 is 1.42. The van der Waals surface area contributed by atoms with Crippen LogP contribution in [0.3, 0.4) is 0 Å². The number of fused-ring (bicyclic) bond motifs is 1. The topological polar surface area (TPSA) is 101 Å². The molecule has 154 valence electrons. The predicted octanol–water partition coefficient (Wildman–Crippen LogP) is 3.00. The number of carboxylic acids is 1. The van der Waals surface area contributed by atoms with Gasteiger partial charge in [0.15, 0.2) is 5.16 Å². The lowest BCUT2D eigenvalue weighted by atomic mass is 10.1. The van der Waals surface area contributed by atoms with Crippen LogP contribution in [-0.4, -0.2) is 32.3 Å². The van der Waals surface area contributed by atoms with Crippen molar-refractivity contribution >= 4 is 34.5 Å². The first-order valence-electron chi connectivity index (χ1n) is 9.23. The molecule has 3 rings (SSSR count). The van der Waals surface area contributed by atoms with Crippen molar-refractivity contribution in [1.82, 2.24) is 14.9 Å². The maximum atomic E-state index is 12.8. The number of rotatable bonds is 8. The number of carbonyl (C=O) groups excluding carboxylic acids is 1. The van der Waals surface area contributed by atoms with Crippen LogP contribution in [-0.2, 0) is 17.9 Å². The standard InChI is InChI=1S/C22H21N3O4S/c1-3-10-25-20(27)17-9-8-16(21(28)29)11-18(17)24-22(25)30-13-19(26)23-12-15-6-4-14(2)5-7-15/h3-9,11H,1,10,12-13H2,2H3,(H,23,26)(H,28,29). The van der Waals surface area contributed by atoms with Crippen molar-refractivity contribution in [3.8, 4) is 0 Å². The Hall–Kier alpha value is -3.39. The number of allylic oxidation sites excluding steroid dienone is 1. The van der Waals surface area contributed by atoms with Gasteiger partial charge in [0.2, 0.25) is 5.91 Å². The summed E-state index contributed by atoms with van der Waals surface area (Å²) in [6.07, 6.45) is 1.57. The van der Waals surface area contributed by atoms with Crippen molar-refractivity contribution in [2.75, 3.05) is 5.75 Å². The summed E-state index contributed by atoms with van der Waals surface area (Å²) >= 11 is 1.12. The zero-order valence-corrected chi connectivity index (χ0v) is 17.2. The number of hydrogen-bond donors (Lipinski definition) is 2. The van der Waals surface area contributed by atoms with E-state index in [4.69, 9.17) is 0 Å². The van der Waals surface area contributed by atoms with E-state index in [9.17, 15) is 19.5 Å². The lowest BCUT2D eigenvalue weighted by Gasteiger charge is -2.12. The van der Waals surface area contributed by atoms with Gasteiger partial charge in [-0.3, -0.25) is 14.2 Å². The second kappa shape index (κ2) is 9.41. The number of aromatic nitrogens is 2. The average Bonchev–Trinajstić information content (AvgIpc) is 2.73. The van der Waals surface area contributed by atoms with Crippen molar-refractivity contribution in [2.45, 2.75) is 25.2 Å². The number of hydrogen-bond acceptors (Lipinski definition) is 5. The second-order valence-corrected chi connectivity index (χ2v) is 7.63. The fraction of sp³-hybridized carbons (Fsp3) is 0.182. The van der Waals surface area contributed by atoms with E-state index in [1.807, 2.05) is 31.2 Å². The minimum atomic E-state index is -1.10. The molecule has 0 unspecified atom stereocenters. The molecule has 0 saturated heterocycles. The summed E-state index contributed by atoms with van der Waals surface area (Å²) in [5, 5.41) is 12.7. The molecule has 3 aromatic rings. The number of thioether (sulfide) groups is 1. The van der Waals surface area contributed by atoms with Gasteiger partial charge in [-0.2, -0.15) is 0 Å². The summed E-state index contributed by atoms with van der Waals surface area (Å²) in [7, 11) is 0. The Morgan fingerprint density at radius 3 is 2.63 bits per heavy atom. The molecule has 7 nitrogen and oxygen atoms in total. The summed E-state index contributed by atoms with van der Waals surface area (Å²) in [6.45, 7) is 6.30. The number of aromatic carboxylic acids is 1. The lowest BCUT2D eigenvalue weighted by molar-refractivity contribution is -0.118. The Morgan fingerprint density at radius 2 is 1.97 bits per heavy atom. The molecule has 30 heavy (non-hydrogen) atoms. The summed E-state index contributed by atoms with van der Waals surface area (Å²) in [6, 6.07) is 12.1. The van der Waals surface area contributed by atoms with Gasteiger partial charge in [-0.15, -0.1) is 6.58 Å². The van der Waals surface area contributed by atoms with E-state index >= 15 is 0 Å². The van der Waals surface area contributed by atoms with Crippen molar-refractivity contribution in [3.05, 3.63) is 82.2 Å². The summed E-state index contributed by atoms with van der Waals surface area (Å²) in [5.41, 5.74) is 2.16. The van der Waals surface area contributed by atoms with Gasteiger partial charge in [-0.25, -0.2) is 9.78 Å². The fourth-order valence-corrected chi connectivity index (χ4v) is 3.66. The van der Waals surface area contributed by atoms with Gasteiger partial charge in [0, 0.05) is 13.1 Å². The second-order valence-electron chi connectivity index (χ2n) is 6.69. The molecule has 0 bridgehead atoms. The van der Waals surface area contributed by atoms with Gasteiger partial charge >= 0.3 is 5.97 Å². The normalized spacial score (nSPS) is 10.7. The van der Waals surface area contributed by atoms with E-state index in [-0.39, 0.29) is 34.8 Å². The Morgan fingerprint density at radius 1 is 1.23 bits per heavy atom. The van der Waals surface area contributed by atoms with Crippen LogP contribution in [0.4, 0.5) is 0 Å². The highest BCUT2D eigenvalue weighted by molar-refractivity contribution is 7.99. The van der Waals surface area contributed by atoms with Crippen LogP contribution in [0.2, 0.25) is 0 Å². The van der Waals surface area contributed by atoms with E-state index in [0.717, 1.165) is 22.9 Å². The monoisotopic (exact) mass is 423 g/mol. The summed E-state index contributed by atoms with van der Waals surface area (Å²) in [4.78, 5) is 40.7. The number of amides is 1. The first kappa shape index (κ1) is 21.3. The van der Waals surface area contributed by atoms with Gasteiger partial charge in [0.25, 0.3) is 5.56 Å². The van der Waals surface area contributed by atoms with E-state index in [2.05, 4.69) is 16.9 Å². The molecule has 0 radical (unpaired) electrons. The highest BCUT2D eigenvalue weighted by Crippen LogP contribution is 2.19. The fourth-order valence-electron chi connectivity index (χ4n) is 2.82. The quantitative estimate of drug-likeness (QED) is 0.328. The maximum Gasteiger partial charge on any atom is 0.335 e. The third-order valence-electron chi connectivity index (χ3n) is 4.42. The molecule has 1 heterocycles. The zero-order valence-electron chi connectivity index (χ0n) is 16.4. The highest BCUT2D eigenvalue weighted by Gasteiger charge is 2.14. The van der Waals surface area contributed by atoms with Gasteiger partial charge in [0.05, 0.1) is 22.2 Å². The van der Waals surface area contributed by atoms with Gasteiger partial charge in [-0.1, -0.05) is 47.7 Å². The van der Waals surface area contributed by atoms with Crippen LogP contribution < -0.4 is 10.9 Å². The van der Waals surface area contributed by atoms with Crippen LogP contribution in [0, 0.1) is 6.92 Å². The molecule has 0 spiro atoms. The zero-order chi connectivity index (χ0) is 21.7. The van der Waals surface area contributed by atoms with Crippen LogP contribution in [0.1, 0.15) is 21.5 Å². The van der Waals surface area contributed by atoms with Crippen molar-refractivity contribution < 1.29 is 14.7 Å². The van der Waals surface area contributed by atoms with Crippen LogP contribution >= 0.6 is 11.8 Å². The minimum absolute atomic E-state index is 0.0441. The number of carboxylic acid groups (broad SMARTS) is 1. The molecular formula is C22H21N3O4S. The van der Waals surface area contributed by atoms with E-state index < -0.39 is 5.97 Å². The lowest BCUT2D eigenvalue weighted by Crippen LogP contribution is -2.26. The van der Waals surface area contributed by atoms with E-state index in [1.165, 1.54) is 22.8 Å². The minimum Gasteiger partial charge on any atom is -0.478 e. The largest absolute Gasteiger partial charge is 0.478 e. The van der Waals surface area contributed by atoms with Crippen molar-refractivity contribution in [1.29, 1.82) is 0 Å². The van der Waals surface area contributed by atoms with Crippen molar-refractivity contribution in [3.63, 3.8) is 0 Å². The Labute approximate surface area is 177 Å². The van der Waals surface area contributed by atoms with Crippen LogP contribution in [0.25, 0.3) is 10.9 Å². The first-order valence-corrected chi connectivity index (χ1v) is 10.2. The maximum absolute atomic E-state index is 12.8. The molecule has 0 atom stereocenters. The van der Waals surface area contributed by atoms with Crippen molar-refractivity contribution in [2.24, 2.45) is 0 Å². The molecule has 0 aliphatic heterocycles. The predicted molar refractivity (Wildman–Crippen MR) is 117 cm³/mol. The third-order valence-corrected chi connectivity index (χ3v) is 5.40. The highest BCUT2D eigenvalue weighted by atomic mass is 32.2.